The minimum absolute atomic E-state index is 0.863. The smallest absolute Gasteiger partial charge is 0.142 e. The van der Waals surface area contributed by atoms with Crippen molar-refractivity contribution < 1.29 is 4.79 Å². The zero-order valence-corrected chi connectivity index (χ0v) is 13.0. The standard InChI is InChI=1S/C18H34O/c1-2-3-4-5-6-7-8-9-10-11-12-13-14-15-16-17-18-19/h16-18H,2-15H2,1H3/b17-16-. The SMILES string of the molecule is CCCCCCCCCCCCCCC/C=C\C=O. The van der Waals surface area contributed by atoms with E-state index in [9.17, 15) is 4.79 Å². The van der Waals surface area contributed by atoms with Gasteiger partial charge in [0.25, 0.3) is 0 Å². The molecule has 112 valence electrons. The summed E-state index contributed by atoms with van der Waals surface area (Å²) in [6, 6.07) is 0. The Morgan fingerprint density at radius 2 is 1.05 bits per heavy atom. The summed E-state index contributed by atoms with van der Waals surface area (Å²) in [7, 11) is 0. The van der Waals surface area contributed by atoms with Gasteiger partial charge in [-0.3, -0.25) is 4.79 Å². The summed E-state index contributed by atoms with van der Waals surface area (Å²) in [5.74, 6) is 0. The van der Waals surface area contributed by atoms with Crippen LogP contribution in [-0.2, 0) is 4.79 Å². The second-order valence-corrected chi connectivity index (χ2v) is 5.60. The molecular weight excluding hydrogens is 232 g/mol. The van der Waals surface area contributed by atoms with Crippen molar-refractivity contribution in [1.82, 2.24) is 0 Å². The Kier molecular flexibility index (Phi) is 16.9. The molecule has 1 heteroatoms. The Morgan fingerprint density at radius 3 is 1.47 bits per heavy atom. The topological polar surface area (TPSA) is 17.1 Å². The van der Waals surface area contributed by atoms with E-state index in [1.165, 1.54) is 83.5 Å². The number of carbonyl (C=O) groups is 1. The van der Waals surface area contributed by atoms with Crippen molar-refractivity contribution in [2.24, 2.45) is 0 Å². The summed E-state index contributed by atoms with van der Waals surface area (Å²) >= 11 is 0. The van der Waals surface area contributed by atoms with Gasteiger partial charge in [0.15, 0.2) is 0 Å². The number of carbonyl (C=O) groups excluding carboxylic acids is 1. The number of allylic oxidation sites excluding steroid dienone is 2. The van der Waals surface area contributed by atoms with Gasteiger partial charge in [-0.05, 0) is 18.9 Å². The fraction of sp³-hybridized carbons (Fsp3) is 0.833. The van der Waals surface area contributed by atoms with Crippen molar-refractivity contribution in [2.45, 2.75) is 96.8 Å². The third-order valence-electron chi connectivity index (χ3n) is 3.69. The van der Waals surface area contributed by atoms with Gasteiger partial charge in [0.2, 0.25) is 0 Å². The van der Waals surface area contributed by atoms with Gasteiger partial charge in [-0.1, -0.05) is 90.0 Å². The third kappa shape index (κ3) is 17.4. The molecular formula is C18H34O. The van der Waals surface area contributed by atoms with Gasteiger partial charge in [-0.25, -0.2) is 0 Å². The second-order valence-electron chi connectivity index (χ2n) is 5.60. The summed E-state index contributed by atoms with van der Waals surface area (Å²) in [6.07, 6.45) is 23.7. The average molecular weight is 266 g/mol. The van der Waals surface area contributed by atoms with Crippen LogP contribution in [0.25, 0.3) is 0 Å². The van der Waals surface area contributed by atoms with Crippen LogP contribution < -0.4 is 0 Å². The van der Waals surface area contributed by atoms with Crippen LogP contribution in [0.4, 0.5) is 0 Å². The van der Waals surface area contributed by atoms with Gasteiger partial charge >= 0.3 is 0 Å². The fourth-order valence-corrected chi connectivity index (χ4v) is 2.43. The Morgan fingerprint density at radius 1 is 0.632 bits per heavy atom. The Balaban J connectivity index is 2.95. The lowest BCUT2D eigenvalue weighted by Gasteiger charge is -2.02. The molecule has 0 aliphatic rings. The van der Waals surface area contributed by atoms with Gasteiger partial charge in [0, 0.05) is 0 Å². The number of rotatable bonds is 15. The highest BCUT2D eigenvalue weighted by Crippen LogP contribution is 2.12. The van der Waals surface area contributed by atoms with E-state index in [1.807, 2.05) is 6.08 Å². The summed E-state index contributed by atoms with van der Waals surface area (Å²) in [5, 5.41) is 0. The number of hydrogen-bond acceptors (Lipinski definition) is 1. The average Bonchev–Trinajstić information content (AvgIpc) is 2.43. The zero-order chi connectivity index (χ0) is 14.0. The van der Waals surface area contributed by atoms with Crippen LogP contribution in [0, 0.1) is 0 Å². The van der Waals surface area contributed by atoms with Gasteiger partial charge in [-0.2, -0.15) is 0 Å². The molecule has 0 radical (unpaired) electrons. The van der Waals surface area contributed by atoms with Crippen LogP contribution in [0.15, 0.2) is 12.2 Å². The van der Waals surface area contributed by atoms with E-state index in [2.05, 4.69) is 6.92 Å². The highest BCUT2D eigenvalue weighted by molar-refractivity contribution is 5.64. The summed E-state index contributed by atoms with van der Waals surface area (Å²) in [5.41, 5.74) is 0. The number of unbranched alkanes of at least 4 members (excludes halogenated alkanes) is 13. The monoisotopic (exact) mass is 266 g/mol. The first-order valence-corrected chi connectivity index (χ1v) is 8.52. The molecule has 0 aliphatic heterocycles. The van der Waals surface area contributed by atoms with Crippen LogP contribution >= 0.6 is 0 Å². The fourth-order valence-electron chi connectivity index (χ4n) is 2.43. The molecule has 0 aromatic carbocycles. The predicted octanol–water partition coefficient (Wildman–Crippen LogP) is 6.22. The first kappa shape index (κ1) is 18.4. The summed E-state index contributed by atoms with van der Waals surface area (Å²) in [4.78, 5) is 10.1. The van der Waals surface area contributed by atoms with E-state index in [4.69, 9.17) is 0 Å². The van der Waals surface area contributed by atoms with E-state index in [1.54, 1.807) is 6.08 Å². The Labute approximate surface area is 120 Å². The minimum Gasteiger partial charge on any atom is -0.299 e. The van der Waals surface area contributed by atoms with Crippen molar-refractivity contribution >= 4 is 6.29 Å². The summed E-state index contributed by atoms with van der Waals surface area (Å²) < 4.78 is 0. The molecule has 0 aromatic heterocycles. The lowest BCUT2D eigenvalue weighted by Crippen LogP contribution is -1.82. The first-order chi connectivity index (χ1) is 9.41. The molecule has 0 spiro atoms. The Hall–Kier alpha value is -0.590. The molecule has 0 rings (SSSR count). The Bertz CT molecular complexity index is 196. The normalized spacial score (nSPS) is 11.2. The number of hydrogen-bond donors (Lipinski definition) is 0. The molecule has 0 saturated carbocycles. The van der Waals surface area contributed by atoms with Crippen LogP contribution in [0.3, 0.4) is 0 Å². The molecule has 1 nitrogen and oxygen atoms in total. The molecule has 0 bridgehead atoms. The van der Waals surface area contributed by atoms with E-state index in [0.29, 0.717) is 0 Å². The van der Waals surface area contributed by atoms with Gasteiger partial charge < -0.3 is 0 Å². The molecule has 0 amide bonds. The van der Waals surface area contributed by atoms with Gasteiger partial charge in [0.05, 0.1) is 0 Å². The molecule has 0 saturated heterocycles. The van der Waals surface area contributed by atoms with Crippen LogP contribution in [0.5, 0.6) is 0 Å². The number of aldehydes is 1. The van der Waals surface area contributed by atoms with Crippen LogP contribution in [-0.4, -0.2) is 6.29 Å². The van der Waals surface area contributed by atoms with Crippen LogP contribution in [0.1, 0.15) is 96.8 Å². The van der Waals surface area contributed by atoms with E-state index < -0.39 is 0 Å². The largest absolute Gasteiger partial charge is 0.299 e. The maximum Gasteiger partial charge on any atom is 0.142 e. The van der Waals surface area contributed by atoms with Crippen molar-refractivity contribution in [3.05, 3.63) is 12.2 Å². The maximum atomic E-state index is 10.1. The maximum absolute atomic E-state index is 10.1. The van der Waals surface area contributed by atoms with Gasteiger partial charge in [0.1, 0.15) is 6.29 Å². The molecule has 0 atom stereocenters. The quantitative estimate of drug-likeness (QED) is 0.195. The van der Waals surface area contributed by atoms with E-state index in [0.717, 1.165) is 12.7 Å². The van der Waals surface area contributed by atoms with Crippen LogP contribution in [0.2, 0.25) is 0 Å². The third-order valence-corrected chi connectivity index (χ3v) is 3.69. The lowest BCUT2D eigenvalue weighted by molar-refractivity contribution is -0.104. The first-order valence-electron chi connectivity index (χ1n) is 8.52. The van der Waals surface area contributed by atoms with E-state index in [-0.39, 0.29) is 0 Å². The highest BCUT2D eigenvalue weighted by Gasteiger charge is 1.93. The molecule has 0 N–H and O–H groups in total. The molecule has 19 heavy (non-hydrogen) atoms. The molecule has 0 heterocycles. The molecule has 0 aromatic rings. The van der Waals surface area contributed by atoms with Crippen molar-refractivity contribution in [3.8, 4) is 0 Å². The van der Waals surface area contributed by atoms with E-state index >= 15 is 0 Å². The van der Waals surface area contributed by atoms with Crippen molar-refractivity contribution in [2.75, 3.05) is 0 Å². The van der Waals surface area contributed by atoms with Crippen molar-refractivity contribution in [1.29, 1.82) is 0 Å². The van der Waals surface area contributed by atoms with Gasteiger partial charge in [-0.15, -0.1) is 0 Å². The summed E-state index contributed by atoms with van der Waals surface area (Å²) in [6.45, 7) is 2.28. The predicted molar refractivity (Wildman–Crippen MR) is 85.5 cm³/mol. The molecule has 0 aliphatic carbocycles. The second kappa shape index (κ2) is 17.4. The molecule has 0 unspecified atom stereocenters. The minimum atomic E-state index is 0.863. The molecule has 0 fully saturated rings. The lowest BCUT2D eigenvalue weighted by atomic mass is 10.0. The zero-order valence-electron chi connectivity index (χ0n) is 13.0. The highest BCUT2D eigenvalue weighted by atomic mass is 16.1. The van der Waals surface area contributed by atoms with Crippen molar-refractivity contribution in [3.63, 3.8) is 0 Å².